The molecule has 36 heavy (non-hydrogen) atoms. The molecule has 0 aliphatic carbocycles. The van der Waals surface area contributed by atoms with E-state index < -0.39 is 23.3 Å². The zero-order valence-electron chi connectivity index (χ0n) is 20.3. The predicted molar refractivity (Wildman–Crippen MR) is 133 cm³/mol. The molecular formula is C26H27ClF2N4O3. The van der Waals surface area contributed by atoms with Crippen molar-refractivity contribution in [3.8, 4) is 5.75 Å². The lowest BCUT2D eigenvalue weighted by Crippen LogP contribution is -2.38. The van der Waals surface area contributed by atoms with Gasteiger partial charge in [0.1, 0.15) is 5.69 Å². The Morgan fingerprint density at radius 3 is 2.39 bits per heavy atom. The number of halogens is 3. The second-order valence-corrected chi connectivity index (χ2v) is 9.05. The standard InChI is InChI=1S/C26H27ClF2N4O3/c1-4-20-21(27)23(32(2)31-20)26(35)33-13-11-16(12-14-33)15-5-7-17(8-6-15)30-25(34)18-9-10-19(28)22(29)24(18)36-3/h5-10,16H,4,11-14H2,1-3H3,(H,30,34). The van der Waals surface area contributed by atoms with Gasteiger partial charge < -0.3 is 15.0 Å². The van der Waals surface area contributed by atoms with Crippen LogP contribution in [0.4, 0.5) is 14.5 Å². The van der Waals surface area contributed by atoms with Crippen LogP contribution in [0.1, 0.15) is 57.8 Å². The van der Waals surface area contributed by atoms with Gasteiger partial charge in [0.15, 0.2) is 11.6 Å². The molecular weight excluding hydrogens is 490 g/mol. The van der Waals surface area contributed by atoms with Crippen LogP contribution in [0.2, 0.25) is 5.02 Å². The average Bonchev–Trinajstić information content (AvgIpc) is 3.18. The molecule has 1 saturated heterocycles. The molecule has 0 spiro atoms. The molecule has 1 aromatic heterocycles. The van der Waals surface area contributed by atoms with Gasteiger partial charge in [0.25, 0.3) is 11.8 Å². The number of carbonyl (C=O) groups is 2. The first-order chi connectivity index (χ1) is 17.2. The summed E-state index contributed by atoms with van der Waals surface area (Å²) in [5, 5.41) is 7.45. The van der Waals surface area contributed by atoms with Gasteiger partial charge in [0.05, 0.1) is 23.4 Å². The van der Waals surface area contributed by atoms with Gasteiger partial charge in [0.2, 0.25) is 5.82 Å². The highest BCUT2D eigenvalue weighted by atomic mass is 35.5. The van der Waals surface area contributed by atoms with Crippen molar-refractivity contribution in [1.82, 2.24) is 14.7 Å². The van der Waals surface area contributed by atoms with Crippen molar-refractivity contribution < 1.29 is 23.1 Å². The number of ether oxygens (including phenoxy) is 1. The molecule has 1 N–H and O–H groups in total. The van der Waals surface area contributed by atoms with E-state index in [-0.39, 0.29) is 17.4 Å². The van der Waals surface area contributed by atoms with Crippen LogP contribution in [0.25, 0.3) is 0 Å². The van der Waals surface area contributed by atoms with E-state index in [0.29, 0.717) is 41.6 Å². The summed E-state index contributed by atoms with van der Waals surface area (Å²) in [5.74, 6) is -3.19. The number of aromatic nitrogens is 2. The first-order valence-corrected chi connectivity index (χ1v) is 12.1. The highest BCUT2D eigenvalue weighted by Crippen LogP contribution is 2.31. The number of nitrogens with zero attached hydrogens (tertiary/aromatic N) is 3. The fourth-order valence-electron chi connectivity index (χ4n) is 4.53. The van der Waals surface area contributed by atoms with Crippen molar-refractivity contribution in [2.75, 3.05) is 25.5 Å². The lowest BCUT2D eigenvalue weighted by molar-refractivity contribution is 0.0702. The van der Waals surface area contributed by atoms with Crippen LogP contribution in [0, 0.1) is 11.6 Å². The third-order valence-corrected chi connectivity index (χ3v) is 6.91. The predicted octanol–water partition coefficient (Wildman–Crippen LogP) is 5.19. The summed E-state index contributed by atoms with van der Waals surface area (Å²) < 4.78 is 33.8. The van der Waals surface area contributed by atoms with Gasteiger partial charge >= 0.3 is 0 Å². The lowest BCUT2D eigenvalue weighted by Gasteiger charge is -2.32. The Kier molecular flexibility index (Phi) is 7.59. The zero-order valence-corrected chi connectivity index (χ0v) is 21.0. The maximum absolute atomic E-state index is 13.9. The van der Waals surface area contributed by atoms with Crippen molar-refractivity contribution in [3.63, 3.8) is 0 Å². The topological polar surface area (TPSA) is 76.5 Å². The summed E-state index contributed by atoms with van der Waals surface area (Å²) in [4.78, 5) is 27.5. The number of amides is 2. The maximum atomic E-state index is 13.9. The van der Waals surface area contributed by atoms with E-state index in [1.165, 1.54) is 13.2 Å². The fourth-order valence-corrected chi connectivity index (χ4v) is 4.90. The molecule has 1 aliphatic rings. The van der Waals surface area contributed by atoms with Gasteiger partial charge in [-0.05, 0) is 55.0 Å². The van der Waals surface area contributed by atoms with E-state index in [0.717, 1.165) is 24.5 Å². The molecule has 2 aromatic carbocycles. The molecule has 1 aliphatic heterocycles. The highest BCUT2D eigenvalue weighted by Gasteiger charge is 2.29. The van der Waals surface area contributed by atoms with Gasteiger partial charge in [-0.15, -0.1) is 0 Å². The Hall–Kier alpha value is -3.46. The molecule has 0 saturated carbocycles. The van der Waals surface area contributed by atoms with Crippen LogP contribution in [0.5, 0.6) is 5.75 Å². The Balaban J connectivity index is 1.38. The molecule has 2 heterocycles. The number of rotatable bonds is 6. The van der Waals surface area contributed by atoms with E-state index in [1.807, 2.05) is 24.0 Å². The monoisotopic (exact) mass is 516 g/mol. The van der Waals surface area contributed by atoms with Crippen molar-refractivity contribution in [3.05, 3.63) is 75.6 Å². The number of piperidine rings is 1. The molecule has 4 rings (SSSR count). The van der Waals surface area contributed by atoms with Gasteiger partial charge in [-0.2, -0.15) is 9.49 Å². The molecule has 10 heteroatoms. The maximum Gasteiger partial charge on any atom is 0.273 e. The van der Waals surface area contributed by atoms with Crippen LogP contribution in [0.15, 0.2) is 36.4 Å². The van der Waals surface area contributed by atoms with Gasteiger partial charge in [-0.3, -0.25) is 14.3 Å². The van der Waals surface area contributed by atoms with Crippen molar-refractivity contribution in [2.45, 2.75) is 32.1 Å². The number of benzene rings is 2. The summed E-state index contributed by atoms with van der Waals surface area (Å²) in [6.45, 7) is 3.14. The summed E-state index contributed by atoms with van der Waals surface area (Å²) in [6, 6.07) is 9.44. The molecule has 0 unspecified atom stereocenters. The first-order valence-electron chi connectivity index (χ1n) is 11.7. The van der Waals surface area contributed by atoms with Gasteiger partial charge in [-0.1, -0.05) is 30.7 Å². The Morgan fingerprint density at radius 1 is 1.14 bits per heavy atom. The number of hydrogen-bond donors (Lipinski definition) is 1. The number of carbonyl (C=O) groups excluding carboxylic acids is 2. The van der Waals surface area contributed by atoms with E-state index in [1.54, 1.807) is 23.9 Å². The van der Waals surface area contributed by atoms with Crippen molar-refractivity contribution in [2.24, 2.45) is 7.05 Å². The van der Waals surface area contributed by atoms with Crippen molar-refractivity contribution in [1.29, 1.82) is 0 Å². The number of hydrogen-bond acceptors (Lipinski definition) is 4. The molecule has 0 radical (unpaired) electrons. The largest absolute Gasteiger partial charge is 0.493 e. The molecule has 1 fully saturated rings. The van der Waals surface area contributed by atoms with E-state index in [9.17, 15) is 18.4 Å². The summed E-state index contributed by atoms with van der Waals surface area (Å²) in [6.07, 6.45) is 2.24. The van der Waals surface area contributed by atoms with E-state index >= 15 is 0 Å². The summed E-state index contributed by atoms with van der Waals surface area (Å²) >= 11 is 6.39. The molecule has 0 bridgehead atoms. The second kappa shape index (κ2) is 10.7. The molecule has 0 atom stereocenters. The van der Waals surface area contributed by atoms with Crippen LogP contribution in [0.3, 0.4) is 0 Å². The number of methoxy groups -OCH3 is 1. The third kappa shape index (κ3) is 4.93. The first kappa shape index (κ1) is 25.6. The SMILES string of the molecule is CCc1nn(C)c(C(=O)N2CCC(c3ccc(NC(=O)c4ccc(F)c(F)c4OC)cc3)CC2)c1Cl. The highest BCUT2D eigenvalue weighted by molar-refractivity contribution is 6.34. The van der Waals surface area contributed by atoms with Crippen LogP contribution < -0.4 is 10.1 Å². The Bertz CT molecular complexity index is 1290. The van der Waals surface area contributed by atoms with Gasteiger partial charge in [0, 0.05) is 25.8 Å². The minimum atomic E-state index is -1.21. The quantitative estimate of drug-likeness (QED) is 0.489. The summed E-state index contributed by atoms with van der Waals surface area (Å²) in [7, 11) is 2.91. The molecule has 190 valence electrons. The smallest absolute Gasteiger partial charge is 0.273 e. The number of anilines is 1. The average molecular weight is 517 g/mol. The molecule has 3 aromatic rings. The fraction of sp³-hybridized carbons (Fsp3) is 0.346. The van der Waals surface area contributed by atoms with E-state index in [2.05, 4.69) is 10.4 Å². The van der Waals surface area contributed by atoms with Crippen molar-refractivity contribution >= 4 is 29.1 Å². The Labute approximate surface area is 213 Å². The molecule has 7 nitrogen and oxygen atoms in total. The van der Waals surface area contributed by atoms with Crippen LogP contribution in [-0.4, -0.2) is 46.7 Å². The molecule has 2 amide bonds. The Morgan fingerprint density at radius 2 is 1.81 bits per heavy atom. The minimum absolute atomic E-state index is 0.0999. The van der Waals surface area contributed by atoms with Crippen LogP contribution in [-0.2, 0) is 13.5 Å². The van der Waals surface area contributed by atoms with E-state index in [4.69, 9.17) is 16.3 Å². The lowest BCUT2D eigenvalue weighted by atomic mass is 9.89. The number of nitrogens with one attached hydrogen (secondary N) is 1. The third-order valence-electron chi connectivity index (χ3n) is 6.51. The summed E-state index contributed by atoms with van der Waals surface area (Å²) in [5.41, 5.74) is 2.65. The normalized spacial score (nSPS) is 14.1. The zero-order chi connectivity index (χ0) is 26.0. The van der Waals surface area contributed by atoms with Crippen LogP contribution >= 0.6 is 11.6 Å². The number of aryl methyl sites for hydroxylation is 2. The number of likely N-dealkylation sites (tertiary alicyclic amines) is 1. The van der Waals surface area contributed by atoms with Gasteiger partial charge in [-0.25, -0.2) is 4.39 Å². The second-order valence-electron chi connectivity index (χ2n) is 8.67. The minimum Gasteiger partial charge on any atom is -0.493 e.